The molecule has 140 valence electrons. The second kappa shape index (κ2) is 9.47. The van der Waals surface area contributed by atoms with E-state index in [1.54, 1.807) is 30.2 Å². The van der Waals surface area contributed by atoms with Crippen LogP contribution in [0, 0.1) is 5.82 Å². The number of aromatic nitrogens is 3. The molecule has 0 fully saturated rings. The van der Waals surface area contributed by atoms with Crippen molar-refractivity contribution in [3.63, 3.8) is 0 Å². The van der Waals surface area contributed by atoms with Gasteiger partial charge in [-0.1, -0.05) is 36.4 Å². The van der Waals surface area contributed by atoms with E-state index >= 15 is 0 Å². The molecule has 0 atom stereocenters. The maximum atomic E-state index is 12.9. The van der Waals surface area contributed by atoms with Gasteiger partial charge in [0, 0.05) is 20.1 Å². The third-order valence-corrected chi connectivity index (χ3v) is 4.11. The summed E-state index contributed by atoms with van der Waals surface area (Å²) < 4.78 is 14.7. The van der Waals surface area contributed by atoms with Gasteiger partial charge in [-0.3, -0.25) is 4.99 Å². The van der Waals surface area contributed by atoms with Gasteiger partial charge >= 0.3 is 0 Å². The average molecular weight is 366 g/mol. The molecule has 6 nitrogen and oxygen atoms in total. The molecule has 1 aromatic heterocycles. The molecule has 0 aliphatic rings. The Kier molecular flexibility index (Phi) is 6.51. The van der Waals surface area contributed by atoms with E-state index in [2.05, 4.69) is 43.9 Å². The van der Waals surface area contributed by atoms with Crippen LogP contribution in [0.25, 0.3) is 0 Å². The summed E-state index contributed by atoms with van der Waals surface area (Å²) in [6, 6.07) is 14.9. The third kappa shape index (κ3) is 5.91. The van der Waals surface area contributed by atoms with E-state index in [9.17, 15) is 4.39 Å². The van der Waals surface area contributed by atoms with Crippen molar-refractivity contribution in [2.75, 3.05) is 13.6 Å². The lowest BCUT2D eigenvalue weighted by Crippen LogP contribution is -2.37. The zero-order chi connectivity index (χ0) is 18.9. The fourth-order valence-electron chi connectivity index (χ4n) is 2.72. The Morgan fingerprint density at radius 1 is 1.07 bits per heavy atom. The average Bonchev–Trinajstić information content (AvgIpc) is 3.19. The van der Waals surface area contributed by atoms with Gasteiger partial charge in [-0.15, -0.1) is 0 Å². The molecule has 0 saturated heterocycles. The first kappa shape index (κ1) is 18.6. The molecular formula is C20H23FN6. The van der Waals surface area contributed by atoms with E-state index in [4.69, 9.17) is 0 Å². The fourth-order valence-corrected chi connectivity index (χ4v) is 2.72. The first-order chi connectivity index (χ1) is 13.2. The highest BCUT2D eigenvalue weighted by Gasteiger charge is 2.01. The Morgan fingerprint density at radius 2 is 1.89 bits per heavy atom. The van der Waals surface area contributed by atoms with Crippen LogP contribution < -0.4 is 10.6 Å². The van der Waals surface area contributed by atoms with Crippen LogP contribution in [-0.2, 0) is 19.5 Å². The number of rotatable bonds is 7. The van der Waals surface area contributed by atoms with Crippen LogP contribution >= 0.6 is 0 Å². The Morgan fingerprint density at radius 3 is 2.63 bits per heavy atom. The van der Waals surface area contributed by atoms with Gasteiger partial charge in [0.1, 0.15) is 18.5 Å². The van der Waals surface area contributed by atoms with Crippen LogP contribution in [0.2, 0.25) is 0 Å². The maximum Gasteiger partial charge on any atom is 0.191 e. The molecular weight excluding hydrogens is 343 g/mol. The molecule has 7 heteroatoms. The topological polar surface area (TPSA) is 67.1 Å². The summed E-state index contributed by atoms with van der Waals surface area (Å²) in [7, 11) is 1.74. The van der Waals surface area contributed by atoms with Crippen molar-refractivity contribution in [3.8, 4) is 0 Å². The number of guanidine groups is 1. The van der Waals surface area contributed by atoms with Gasteiger partial charge in [0.25, 0.3) is 0 Å². The lowest BCUT2D eigenvalue weighted by Gasteiger charge is -2.12. The number of nitrogens with zero attached hydrogens (tertiary/aromatic N) is 4. The molecule has 0 unspecified atom stereocenters. The molecule has 0 radical (unpaired) electrons. The first-order valence-electron chi connectivity index (χ1n) is 8.82. The quantitative estimate of drug-likeness (QED) is 0.498. The van der Waals surface area contributed by atoms with E-state index in [1.807, 2.05) is 6.07 Å². The lowest BCUT2D eigenvalue weighted by atomic mass is 10.1. The summed E-state index contributed by atoms with van der Waals surface area (Å²) in [5, 5.41) is 10.7. The van der Waals surface area contributed by atoms with Gasteiger partial charge in [-0.2, -0.15) is 5.10 Å². The van der Waals surface area contributed by atoms with Crippen LogP contribution in [0.3, 0.4) is 0 Å². The molecule has 0 bridgehead atoms. The summed E-state index contributed by atoms with van der Waals surface area (Å²) in [6.45, 7) is 2.08. The number of benzene rings is 2. The predicted molar refractivity (Wildman–Crippen MR) is 104 cm³/mol. The summed E-state index contributed by atoms with van der Waals surface area (Å²) in [4.78, 5) is 8.21. The van der Waals surface area contributed by atoms with Crippen LogP contribution in [0.4, 0.5) is 4.39 Å². The zero-order valence-electron chi connectivity index (χ0n) is 15.3. The Bertz CT molecular complexity index is 858. The molecule has 0 aliphatic heterocycles. The van der Waals surface area contributed by atoms with Crippen molar-refractivity contribution in [1.29, 1.82) is 0 Å². The molecule has 0 amide bonds. The molecule has 0 saturated carbocycles. The smallest absolute Gasteiger partial charge is 0.191 e. The normalized spacial score (nSPS) is 11.4. The van der Waals surface area contributed by atoms with Crippen LogP contribution in [0.1, 0.15) is 16.7 Å². The van der Waals surface area contributed by atoms with Crippen molar-refractivity contribution in [2.24, 2.45) is 4.99 Å². The summed E-state index contributed by atoms with van der Waals surface area (Å²) in [6.07, 6.45) is 4.04. The van der Waals surface area contributed by atoms with Gasteiger partial charge in [-0.05, 0) is 35.2 Å². The molecule has 1 heterocycles. The van der Waals surface area contributed by atoms with E-state index in [1.165, 1.54) is 24.0 Å². The highest BCUT2D eigenvalue weighted by molar-refractivity contribution is 5.79. The number of hydrogen-bond donors (Lipinski definition) is 2. The van der Waals surface area contributed by atoms with Gasteiger partial charge in [-0.25, -0.2) is 14.1 Å². The minimum Gasteiger partial charge on any atom is -0.356 e. The standard InChI is InChI=1S/C20H23FN6/c1-22-20(24-10-9-16-5-7-19(21)8-6-16)25-12-17-3-2-4-18(11-17)13-27-15-23-14-26-27/h2-8,11,14-15H,9-10,12-13H2,1H3,(H2,22,24,25). The number of nitrogens with one attached hydrogen (secondary N) is 2. The Balaban J connectivity index is 1.46. The van der Waals surface area contributed by atoms with Crippen molar-refractivity contribution < 1.29 is 4.39 Å². The lowest BCUT2D eigenvalue weighted by molar-refractivity contribution is 0.626. The molecule has 2 N–H and O–H groups in total. The predicted octanol–water partition coefficient (Wildman–Crippen LogP) is 2.37. The first-order valence-corrected chi connectivity index (χ1v) is 8.82. The van der Waals surface area contributed by atoms with Crippen LogP contribution in [-0.4, -0.2) is 34.3 Å². The second-order valence-electron chi connectivity index (χ2n) is 6.14. The highest BCUT2D eigenvalue weighted by Crippen LogP contribution is 2.07. The molecule has 3 aromatic rings. The fraction of sp³-hybridized carbons (Fsp3) is 0.250. The van der Waals surface area contributed by atoms with Crippen molar-refractivity contribution in [3.05, 3.63) is 83.7 Å². The third-order valence-electron chi connectivity index (χ3n) is 4.11. The van der Waals surface area contributed by atoms with E-state index in [0.29, 0.717) is 13.1 Å². The monoisotopic (exact) mass is 366 g/mol. The number of hydrogen-bond acceptors (Lipinski definition) is 3. The number of halogens is 1. The van der Waals surface area contributed by atoms with Gasteiger partial charge in [0.2, 0.25) is 0 Å². The van der Waals surface area contributed by atoms with Crippen molar-refractivity contribution in [1.82, 2.24) is 25.4 Å². The van der Waals surface area contributed by atoms with E-state index in [-0.39, 0.29) is 5.82 Å². The maximum absolute atomic E-state index is 12.9. The van der Waals surface area contributed by atoms with E-state index in [0.717, 1.165) is 30.1 Å². The van der Waals surface area contributed by atoms with Gasteiger partial charge in [0.05, 0.1) is 6.54 Å². The van der Waals surface area contributed by atoms with E-state index < -0.39 is 0 Å². The molecule has 3 rings (SSSR count). The van der Waals surface area contributed by atoms with Crippen LogP contribution in [0.5, 0.6) is 0 Å². The van der Waals surface area contributed by atoms with Crippen LogP contribution in [0.15, 0.2) is 66.2 Å². The SMILES string of the molecule is CN=C(NCCc1ccc(F)cc1)NCc1cccc(Cn2cncn2)c1. The minimum absolute atomic E-state index is 0.213. The summed E-state index contributed by atoms with van der Waals surface area (Å²) >= 11 is 0. The van der Waals surface area contributed by atoms with Gasteiger partial charge < -0.3 is 10.6 Å². The second-order valence-corrected chi connectivity index (χ2v) is 6.14. The van der Waals surface area contributed by atoms with Crippen molar-refractivity contribution >= 4 is 5.96 Å². The van der Waals surface area contributed by atoms with Crippen molar-refractivity contribution in [2.45, 2.75) is 19.5 Å². The number of aliphatic imine (C=N–C) groups is 1. The Labute approximate surface area is 158 Å². The summed E-state index contributed by atoms with van der Waals surface area (Å²) in [5.74, 6) is 0.522. The Hall–Kier alpha value is -3.22. The van der Waals surface area contributed by atoms with Gasteiger partial charge in [0.15, 0.2) is 5.96 Å². The minimum atomic E-state index is -0.213. The molecule has 2 aromatic carbocycles. The molecule has 0 aliphatic carbocycles. The largest absolute Gasteiger partial charge is 0.356 e. The zero-order valence-corrected chi connectivity index (χ0v) is 15.3. The highest BCUT2D eigenvalue weighted by atomic mass is 19.1. The molecule has 0 spiro atoms. The molecule has 27 heavy (non-hydrogen) atoms. The summed E-state index contributed by atoms with van der Waals surface area (Å²) in [5.41, 5.74) is 3.41.